The van der Waals surface area contributed by atoms with Crippen molar-refractivity contribution >= 4 is 18.2 Å². The lowest BCUT2D eigenvalue weighted by Crippen LogP contribution is -2.25. The summed E-state index contributed by atoms with van der Waals surface area (Å²) in [5.41, 5.74) is 0.804. The molecular formula is C12H18ClNO. The summed E-state index contributed by atoms with van der Waals surface area (Å²) < 4.78 is 0. The minimum absolute atomic E-state index is 0. The van der Waals surface area contributed by atoms with Crippen LogP contribution in [0.5, 0.6) is 0 Å². The Hall–Kier alpha value is -0.860. The molecule has 3 heteroatoms. The summed E-state index contributed by atoms with van der Waals surface area (Å²) >= 11 is 0. The second-order valence-electron chi connectivity index (χ2n) is 3.65. The summed E-state index contributed by atoms with van der Waals surface area (Å²) in [5.74, 6) is 0.207. The Kier molecular flexibility index (Phi) is 7.01. The van der Waals surface area contributed by atoms with Crippen LogP contribution in [-0.2, 0) is 0 Å². The lowest BCUT2D eigenvalue weighted by Gasteiger charge is -2.06. The quantitative estimate of drug-likeness (QED) is 0.784. The molecule has 2 nitrogen and oxygen atoms in total. The van der Waals surface area contributed by atoms with Crippen LogP contribution in [0.4, 0.5) is 0 Å². The van der Waals surface area contributed by atoms with Gasteiger partial charge in [-0.15, -0.1) is 12.4 Å². The smallest absolute Gasteiger partial charge is 0.164 e. The zero-order chi connectivity index (χ0) is 10.4. The fraction of sp³-hybridized carbons (Fsp3) is 0.417. The molecule has 0 aromatic heterocycles. The minimum atomic E-state index is 0. The molecule has 0 spiro atoms. The SMILES string of the molecule is CC(C)NCCC(=O)c1ccccc1.Cl. The molecule has 0 heterocycles. The molecule has 0 radical (unpaired) electrons. The average Bonchev–Trinajstić information content (AvgIpc) is 2.18. The van der Waals surface area contributed by atoms with Gasteiger partial charge in [0.25, 0.3) is 0 Å². The molecule has 84 valence electrons. The van der Waals surface area contributed by atoms with Crippen molar-refractivity contribution in [1.29, 1.82) is 0 Å². The first-order chi connectivity index (χ1) is 6.70. The van der Waals surface area contributed by atoms with E-state index in [0.29, 0.717) is 12.5 Å². The summed E-state index contributed by atoms with van der Waals surface area (Å²) in [6.45, 7) is 4.91. The monoisotopic (exact) mass is 227 g/mol. The Balaban J connectivity index is 0.00000196. The Morgan fingerprint density at radius 2 is 1.87 bits per heavy atom. The molecule has 1 aromatic carbocycles. The third-order valence-corrected chi connectivity index (χ3v) is 2.00. The van der Waals surface area contributed by atoms with E-state index >= 15 is 0 Å². The van der Waals surface area contributed by atoms with Crippen LogP contribution in [0.25, 0.3) is 0 Å². The van der Waals surface area contributed by atoms with Gasteiger partial charge < -0.3 is 5.32 Å². The molecule has 0 bridgehead atoms. The van der Waals surface area contributed by atoms with Crippen LogP contribution in [-0.4, -0.2) is 18.4 Å². The first-order valence-corrected chi connectivity index (χ1v) is 5.02. The van der Waals surface area contributed by atoms with Gasteiger partial charge >= 0.3 is 0 Å². The molecule has 1 aromatic rings. The van der Waals surface area contributed by atoms with Crippen LogP contribution in [0.15, 0.2) is 30.3 Å². The average molecular weight is 228 g/mol. The molecule has 1 rings (SSSR count). The van der Waals surface area contributed by atoms with E-state index in [-0.39, 0.29) is 18.2 Å². The zero-order valence-corrected chi connectivity index (χ0v) is 10.0. The van der Waals surface area contributed by atoms with Crippen molar-refractivity contribution in [1.82, 2.24) is 5.32 Å². The Bertz CT molecular complexity index is 285. The van der Waals surface area contributed by atoms with Crippen LogP contribution in [0.1, 0.15) is 30.6 Å². The second-order valence-corrected chi connectivity index (χ2v) is 3.65. The van der Waals surface area contributed by atoms with Crippen molar-refractivity contribution in [2.45, 2.75) is 26.3 Å². The molecule has 0 saturated heterocycles. The van der Waals surface area contributed by atoms with Crippen LogP contribution < -0.4 is 5.32 Å². The van der Waals surface area contributed by atoms with Gasteiger partial charge in [-0.2, -0.15) is 0 Å². The molecule has 0 amide bonds. The van der Waals surface area contributed by atoms with Crippen molar-refractivity contribution in [3.8, 4) is 0 Å². The van der Waals surface area contributed by atoms with Crippen molar-refractivity contribution in [2.24, 2.45) is 0 Å². The number of ketones is 1. The molecule has 0 aliphatic rings. The summed E-state index contributed by atoms with van der Waals surface area (Å²) in [7, 11) is 0. The number of benzene rings is 1. The predicted octanol–water partition coefficient (Wildman–Crippen LogP) is 2.68. The number of carbonyl (C=O) groups excluding carboxylic acids is 1. The second kappa shape index (κ2) is 7.43. The van der Waals surface area contributed by atoms with Crippen molar-refractivity contribution < 1.29 is 4.79 Å². The highest BCUT2D eigenvalue weighted by atomic mass is 35.5. The highest BCUT2D eigenvalue weighted by molar-refractivity contribution is 5.96. The Morgan fingerprint density at radius 3 is 2.40 bits per heavy atom. The zero-order valence-electron chi connectivity index (χ0n) is 9.19. The maximum atomic E-state index is 11.6. The fourth-order valence-corrected chi connectivity index (χ4v) is 1.24. The van der Waals surface area contributed by atoms with Crippen LogP contribution in [0.2, 0.25) is 0 Å². The molecule has 0 fully saturated rings. The number of nitrogens with one attached hydrogen (secondary N) is 1. The van der Waals surface area contributed by atoms with Crippen molar-refractivity contribution in [3.05, 3.63) is 35.9 Å². The topological polar surface area (TPSA) is 29.1 Å². The fourth-order valence-electron chi connectivity index (χ4n) is 1.24. The highest BCUT2D eigenvalue weighted by Gasteiger charge is 2.03. The van der Waals surface area contributed by atoms with E-state index in [2.05, 4.69) is 19.2 Å². The molecule has 0 atom stereocenters. The lowest BCUT2D eigenvalue weighted by molar-refractivity contribution is 0.0982. The summed E-state index contributed by atoms with van der Waals surface area (Å²) in [5, 5.41) is 3.23. The predicted molar refractivity (Wildman–Crippen MR) is 65.8 cm³/mol. The molecule has 15 heavy (non-hydrogen) atoms. The summed E-state index contributed by atoms with van der Waals surface area (Å²) in [6, 6.07) is 9.86. The number of rotatable bonds is 5. The van der Waals surface area contributed by atoms with E-state index in [1.165, 1.54) is 0 Å². The molecular weight excluding hydrogens is 210 g/mol. The van der Waals surface area contributed by atoms with Gasteiger partial charge in [0, 0.05) is 24.6 Å². The standard InChI is InChI=1S/C12H17NO.ClH/c1-10(2)13-9-8-12(14)11-6-4-3-5-7-11;/h3-7,10,13H,8-9H2,1-2H3;1H. The van der Waals surface area contributed by atoms with Crippen LogP contribution in [0.3, 0.4) is 0 Å². The van der Waals surface area contributed by atoms with Gasteiger partial charge in [-0.1, -0.05) is 44.2 Å². The number of halogens is 1. The lowest BCUT2D eigenvalue weighted by atomic mass is 10.1. The van der Waals surface area contributed by atoms with E-state index in [1.54, 1.807) is 0 Å². The van der Waals surface area contributed by atoms with Crippen molar-refractivity contribution in [3.63, 3.8) is 0 Å². The number of hydrogen-bond acceptors (Lipinski definition) is 2. The van der Waals surface area contributed by atoms with Gasteiger partial charge in [0.1, 0.15) is 0 Å². The van der Waals surface area contributed by atoms with Crippen LogP contribution in [0, 0.1) is 0 Å². The Labute approximate surface area is 97.5 Å². The molecule has 1 N–H and O–H groups in total. The van der Waals surface area contributed by atoms with Gasteiger partial charge in [0.2, 0.25) is 0 Å². The van der Waals surface area contributed by atoms with E-state index in [4.69, 9.17) is 0 Å². The molecule has 0 saturated carbocycles. The third kappa shape index (κ3) is 5.55. The number of hydrogen-bond donors (Lipinski definition) is 1. The van der Waals surface area contributed by atoms with E-state index in [1.807, 2.05) is 30.3 Å². The van der Waals surface area contributed by atoms with Gasteiger partial charge in [0.05, 0.1) is 0 Å². The maximum absolute atomic E-state index is 11.6. The van der Waals surface area contributed by atoms with Gasteiger partial charge in [-0.05, 0) is 0 Å². The third-order valence-electron chi connectivity index (χ3n) is 2.00. The summed E-state index contributed by atoms with van der Waals surface area (Å²) in [6.07, 6.45) is 0.572. The number of carbonyl (C=O) groups is 1. The molecule has 0 aliphatic heterocycles. The largest absolute Gasteiger partial charge is 0.314 e. The van der Waals surface area contributed by atoms with E-state index in [9.17, 15) is 4.79 Å². The molecule has 0 aliphatic carbocycles. The van der Waals surface area contributed by atoms with Crippen LogP contribution >= 0.6 is 12.4 Å². The van der Waals surface area contributed by atoms with Gasteiger partial charge in [-0.25, -0.2) is 0 Å². The normalized spacial score (nSPS) is 9.80. The van der Waals surface area contributed by atoms with Crippen molar-refractivity contribution in [2.75, 3.05) is 6.54 Å². The minimum Gasteiger partial charge on any atom is -0.314 e. The van der Waals surface area contributed by atoms with E-state index < -0.39 is 0 Å². The summed E-state index contributed by atoms with van der Waals surface area (Å²) in [4.78, 5) is 11.6. The van der Waals surface area contributed by atoms with Gasteiger partial charge in [-0.3, -0.25) is 4.79 Å². The Morgan fingerprint density at radius 1 is 1.27 bits per heavy atom. The first kappa shape index (κ1) is 14.1. The number of Topliss-reactive ketones (excluding diaryl/α,β-unsaturated/α-hetero) is 1. The maximum Gasteiger partial charge on any atom is 0.164 e. The van der Waals surface area contributed by atoms with Gasteiger partial charge in [0.15, 0.2) is 5.78 Å². The first-order valence-electron chi connectivity index (χ1n) is 5.02. The molecule has 0 unspecified atom stereocenters. The van der Waals surface area contributed by atoms with E-state index in [0.717, 1.165) is 12.1 Å². The highest BCUT2D eigenvalue weighted by Crippen LogP contribution is 2.02.